The number of ether oxygens (including phenoxy) is 1. The molecule has 7 nitrogen and oxygen atoms in total. The van der Waals surface area contributed by atoms with Gasteiger partial charge in [-0.1, -0.05) is 35.1 Å². The Kier molecular flexibility index (Phi) is 5.69. The van der Waals surface area contributed by atoms with Gasteiger partial charge in [0.05, 0.1) is 12.7 Å². The number of carbonyl (C=O) groups is 2. The van der Waals surface area contributed by atoms with Gasteiger partial charge in [-0.25, -0.2) is 0 Å². The molecule has 2 amide bonds. The van der Waals surface area contributed by atoms with Crippen LogP contribution in [0, 0.1) is 6.92 Å². The number of methoxy groups -OCH3 is 1. The molecule has 1 N–H and O–H groups in total. The maximum absolute atomic E-state index is 12.6. The predicted molar refractivity (Wildman–Crippen MR) is 117 cm³/mol. The summed E-state index contributed by atoms with van der Waals surface area (Å²) in [5, 5.41) is 12.5. The molecule has 2 aromatic carbocycles. The molecule has 0 spiro atoms. The molecule has 2 heterocycles. The van der Waals surface area contributed by atoms with Crippen LogP contribution in [0.5, 0.6) is 5.75 Å². The van der Waals surface area contributed by atoms with E-state index in [1.54, 1.807) is 17.0 Å². The lowest BCUT2D eigenvalue weighted by Crippen LogP contribution is -2.24. The van der Waals surface area contributed by atoms with E-state index in [1.165, 1.54) is 24.5 Å². The summed E-state index contributed by atoms with van der Waals surface area (Å²) in [5.74, 6) is 0.00896. The second-order valence-corrected chi connectivity index (χ2v) is 8.43. The van der Waals surface area contributed by atoms with E-state index in [9.17, 15) is 9.59 Å². The van der Waals surface area contributed by atoms with Crippen molar-refractivity contribution in [1.29, 1.82) is 0 Å². The lowest BCUT2D eigenvalue weighted by Gasteiger charge is -2.16. The van der Waals surface area contributed by atoms with E-state index in [2.05, 4.69) is 15.5 Å². The molecule has 1 atom stereocenters. The highest BCUT2D eigenvalue weighted by atomic mass is 35.5. The Hall–Kier alpha value is -2.97. The number of hydrogen-bond acceptors (Lipinski definition) is 6. The normalized spacial score (nSPS) is 16.0. The maximum Gasteiger partial charge on any atom is 0.261 e. The third-order valence-electron chi connectivity index (χ3n) is 4.85. The Morgan fingerprint density at radius 1 is 1.27 bits per heavy atom. The molecule has 0 radical (unpaired) electrons. The molecule has 4 rings (SSSR count). The number of rotatable bonds is 5. The standard InChI is InChI=1S/C21H19ClN4O3S/c1-12-4-3-5-15(8-12)26-11-13(9-18(26)27)20-24-25-21(30-20)23-19(28)16-10-14(22)6-7-17(16)29-2/h3-8,10,13H,9,11H2,1-2H3,(H,23,25,28). The predicted octanol–water partition coefficient (Wildman–Crippen LogP) is 4.28. The highest BCUT2D eigenvalue weighted by Gasteiger charge is 2.34. The number of aryl methyl sites for hydroxylation is 1. The fraction of sp³-hybridized carbons (Fsp3) is 0.238. The molecule has 1 fully saturated rings. The van der Waals surface area contributed by atoms with Crippen LogP contribution in [0.3, 0.4) is 0 Å². The average molecular weight is 443 g/mol. The number of benzene rings is 2. The number of carbonyl (C=O) groups excluding carboxylic acids is 2. The molecule has 1 aliphatic heterocycles. The van der Waals surface area contributed by atoms with Gasteiger partial charge in [-0.15, -0.1) is 10.2 Å². The van der Waals surface area contributed by atoms with Gasteiger partial charge in [0, 0.05) is 29.6 Å². The van der Waals surface area contributed by atoms with Crippen molar-refractivity contribution in [2.45, 2.75) is 19.3 Å². The van der Waals surface area contributed by atoms with E-state index in [-0.39, 0.29) is 17.7 Å². The van der Waals surface area contributed by atoms with Gasteiger partial charge < -0.3 is 9.64 Å². The summed E-state index contributed by atoms with van der Waals surface area (Å²) in [5.41, 5.74) is 2.29. The molecule has 1 unspecified atom stereocenters. The van der Waals surface area contributed by atoms with Crippen molar-refractivity contribution in [2.24, 2.45) is 0 Å². The van der Waals surface area contributed by atoms with Crippen LogP contribution in [-0.4, -0.2) is 35.7 Å². The Balaban J connectivity index is 1.48. The highest BCUT2D eigenvalue weighted by Crippen LogP contribution is 2.34. The smallest absolute Gasteiger partial charge is 0.261 e. The van der Waals surface area contributed by atoms with Gasteiger partial charge in [0.25, 0.3) is 5.91 Å². The molecule has 30 heavy (non-hydrogen) atoms. The largest absolute Gasteiger partial charge is 0.496 e. The van der Waals surface area contributed by atoms with Crippen LogP contribution >= 0.6 is 22.9 Å². The number of halogens is 1. The van der Waals surface area contributed by atoms with E-state index in [0.717, 1.165) is 11.3 Å². The molecule has 0 bridgehead atoms. The number of nitrogens with one attached hydrogen (secondary N) is 1. The molecule has 0 aliphatic carbocycles. The first-order chi connectivity index (χ1) is 14.4. The Labute approximate surface area is 182 Å². The fourth-order valence-corrected chi connectivity index (χ4v) is 4.39. The maximum atomic E-state index is 12.6. The first kappa shape index (κ1) is 20.3. The molecule has 9 heteroatoms. The van der Waals surface area contributed by atoms with E-state index in [4.69, 9.17) is 16.3 Å². The van der Waals surface area contributed by atoms with Crippen LogP contribution in [-0.2, 0) is 4.79 Å². The van der Waals surface area contributed by atoms with Gasteiger partial charge in [-0.3, -0.25) is 14.9 Å². The molecule has 1 aliphatic rings. The van der Waals surface area contributed by atoms with Gasteiger partial charge in [0.1, 0.15) is 10.8 Å². The summed E-state index contributed by atoms with van der Waals surface area (Å²) in [6, 6.07) is 12.7. The molecular weight excluding hydrogens is 424 g/mol. The van der Waals surface area contributed by atoms with Crippen molar-refractivity contribution in [3.05, 3.63) is 63.6 Å². The van der Waals surface area contributed by atoms with Crippen LogP contribution in [0.15, 0.2) is 42.5 Å². The zero-order chi connectivity index (χ0) is 21.3. The van der Waals surface area contributed by atoms with Crippen LogP contribution < -0.4 is 15.0 Å². The van der Waals surface area contributed by atoms with Crippen molar-refractivity contribution >= 4 is 45.6 Å². The summed E-state index contributed by atoms with van der Waals surface area (Å²) < 4.78 is 5.22. The minimum absolute atomic E-state index is 0.0510. The lowest BCUT2D eigenvalue weighted by atomic mass is 10.1. The first-order valence-corrected chi connectivity index (χ1v) is 10.5. The summed E-state index contributed by atoms with van der Waals surface area (Å²) in [6.07, 6.45) is 0.360. The van der Waals surface area contributed by atoms with Crippen molar-refractivity contribution in [1.82, 2.24) is 10.2 Å². The fourth-order valence-electron chi connectivity index (χ4n) is 3.39. The Bertz CT molecular complexity index is 1120. The van der Waals surface area contributed by atoms with E-state index < -0.39 is 0 Å². The monoisotopic (exact) mass is 442 g/mol. The second kappa shape index (κ2) is 8.41. The molecule has 154 valence electrons. The Morgan fingerprint density at radius 2 is 2.10 bits per heavy atom. The zero-order valence-corrected chi connectivity index (χ0v) is 18.0. The Morgan fingerprint density at radius 3 is 2.87 bits per heavy atom. The van der Waals surface area contributed by atoms with Gasteiger partial charge >= 0.3 is 0 Å². The summed E-state index contributed by atoms with van der Waals surface area (Å²) in [7, 11) is 1.49. The molecule has 3 aromatic rings. The lowest BCUT2D eigenvalue weighted by molar-refractivity contribution is -0.117. The highest BCUT2D eigenvalue weighted by molar-refractivity contribution is 7.15. The number of anilines is 2. The summed E-state index contributed by atoms with van der Waals surface area (Å²) in [4.78, 5) is 26.9. The van der Waals surface area contributed by atoms with Crippen molar-refractivity contribution in [3.63, 3.8) is 0 Å². The minimum atomic E-state index is -0.388. The number of amides is 2. The average Bonchev–Trinajstić information content (AvgIpc) is 3.34. The van der Waals surface area contributed by atoms with Crippen LogP contribution in [0.2, 0.25) is 5.02 Å². The molecule has 0 saturated carbocycles. The molecule has 1 aromatic heterocycles. The third kappa shape index (κ3) is 4.15. The molecular formula is C21H19ClN4O3S. The van der Waals surface area contributed by atoms with Gasteiger partial charge in [-0.05, 0) is 42.8 Å². The van der Waals surface area contributed by atoms with E-state index in [1.807, 2.05) is 31.2 Å². The SMILES string of the molecule is COc1ccc(Cl)cc1C(=O)Nc1nnc(C2CC(=O)N(c3cccc(C)c3)C2)s1. The first-order valence-electron chi connectivity index (χ1n) is 9.30. The number of aromatic nitrogens is 2. The van der Waals surface area contributed by atoms with Crippen molar-refractivity contribution in [3.8, 4) is 5.75 Å². The third-order valence-corrected chi connectivity index (χ3v) is 6.09. The van der Waals surface area contributed by atoms with Gasteiger partial charge in [0.2, 0.25) is 11.0 Å². The van der Waals surface area contributed by atoms with Gasteiger partial charge in [-0.2, -0.15) is 0 Å². The number of nitrogens with zero attached hydrogens (tertiary/aromatic N) is 3. The van der Waals surface area contributed by atoms with Crippen LogP contribution in [0.25, 0.3) is 0 Å². The van der Waals surface area contributed by atoms with Crippen molar-refractivity contribution in [2.75, 3.05) is 23.9 Å². The second-order valence-electron chi connectivity index (χ2n) is 6.99. The quantitative estimate of drug-likeness (QED) is 0.637. The summed E-state index contributed by atoms with van der Waals surface area (Å²) >= 11 is 7.27. The summed E-state index contributed by atoms with van der Waals surface area (Å²) in [6.45, 7) is 2.53. The molecule has 1 saturated heterocycles. The zero-order valence-electron chi connectivity index (χ0n) is 16.4. The van der Waals surface area contributed by atoms with Crippen molar-refractivity contribution < 1.29 is 14.3 Å². The van der Waals surface area contributed by atoms with Gasteiger partial charge in [0.15, 0.2) is 0 Å². The minimum Gasteiger partial charge on any atom is -0.496 e. The topological polar surface area (TPSA) is 84.4 Å². The van der Waals surface area contributed by atoms with E-state index in [0.29, 0.717) is 39.4 Å². The van der Waals surface area contributed by atoms with E-state index >= 15 is 0 Å². The number of hydrogen-bond donors (Lipinski definition) is 1. The van der Waals surface area contributed by atoms with Crippen LogP contribution in [0.1, 0.15) is 33.3 Å². The van der Waals surface area contributed by atoms with Crippen LogP contribution in [0.4, 0.5) is 10.8 Å².